The number of rotatable bonds is 10. The lowest BCUT2D eigenvalue weighted by molar-refractivity contribution is 0.0146. The topological polar surface area (TPSA) is 91.1 Å². The zero-order valence-electron chi connectivity index (χ0n) is 17.7. The van der Waals surface area contributed by atoms with Crippen molar-refractivity contribution in [3.63, 3.8) is 0 Å². The molecule has 1 aromatic rings. The van der Waals surface area contributed by atoms with Crippen LogP contribution in [-0.2, 0) is 11.3 Å². The van der Waals surface area contributed by atoms with Gasteiger partial charge >= 0.3 is 0 Å². The van der Waals surface area contributed by atoms with Crippen LogP contribution in [0.4, 0.5) is 0 Å². The fraction of sp³-hybridized carbons (Fsp3) is 0.727. The van der Waals surface area contributed by atoms with Gasteiger partial charge in [0.15, 0.2) is 5.69 Å². The number of carbonyl (C=O) groups is 1. The highest BCUT2D eigenvalue weighted by Gasteiger charge is 2.22. The summed E-state index contributed by atoms with van der Waals surface area (Å²) in [4.78, 5) is 21.2. The van der Waals surface area contributed by atoms with E-state index >= 15 is 0 Å². The van der Waals surface area contributed by atoms with Gasteiger partial charge in [0.25, 0.3) is 5.91 Å². The second kappa shape index (κ2) is 12.1. The van der Waals surface area contributed by atoms with E-state index in [9.17, 15) is 9.90 Å². The monoisotopic (exact) mass is 418 g/mol. The average Bonchev–Trinajstić information content (AvgIpc) is 3.23. The zero-order valence-corrected chi connectivity index (χ0v) is 17.7. The minimum absolute atomic E-state index is 0.151. The van der Waals surface area contributed by atoms with Crippen LogP contribution in [0.15, 0.2) is 10.7 Å². The fourth-order valence-electron chi connectivity index (χ4n) is 4.13. The van der Waals surface area contributed by atoms with Crippen LogP contribution >= 0.6 is 0 Å². The summed E-state index contributed by atoms with van der Waals surface area (Å²) in [7, 11) is 0. The van der Waals surface area contributed by atoms with Crippen molar-refractivity contribution >= 4 is 5.91 Å². The molecule has 8 heteroatoms. The Morgan fingerprint density at radius 1 is 1.30 bits per heavy atom. The van der Waals surface area contributed by atoms with E-state index in [4.69, 9.17) is 15.6 Å². The van der Waals surface area contributed by atoms with Gasteiger partial charge in [-0.2, -0.15) is 0 Å². The van der Waals surface area contributed by atoms with Gasteiger partial charge in [-0.15, -0.1) is 6.42 Å². The number of aromatic nitrogens is 1. The number of aliphatic hydroxyl groups excluding tert-OH is 1. The van der Waals surface area contributed by atoms with Crippen molar-refractivity contribution in [3.8, 4) is 12.3 Å². The third kappa shape index (κ3) is 7.40. The van der Waals surface area contributed by atoms with E-state index in [0.717, 1.165) is 32.7 Å². The summed E-state index contributed by atoms with van der Waals surface area (Å²) in [6.45, 7) is 5.76. The Bertz CT molecular complexity index is 688. The molecule has 2 aliphatic rings. The molecule has 1 amide bonds. The largest absolute Gasteiger partial charge is 0.447 e. The van der Waals surface area contributed by atoms with E-state index in [1.807, 2.05) is 0 Å². The zero-order chi connectivity index (χ0) is 21.2. The lowest BCUT2D eigenvalue weighted by Crippen LogP contribution is -2.48. The predicted molar refractivity (Wildman–Crippen MR) is 113 cm³/mol. The number of ether oxygens (including phenoxy) is 1. The number of aliphatic hydroxyl groups is 1. The molecule has 2 N–H and O–H groups in total. The lowest BCUT2D eigenvalue weighted by Gasteiger charge is -2.34. The SMILES string of the molecule is C#CCOCC(O)CN1CCN(Cc2nc(C(=O)NCC3CCCCC3)co2)CC1. The molecule has 0 bridgehead atoms. The van der Waals surface area contributed by atoms with E-state index in [1.165, 1.54) is 38.4 Å². The molecule has 0 aromatic carbocycles. The Morgan fingerprint density at radius 2 is 2.03 bits per heavy atom. The Morgan fingerprint density at radius 3 is 2.77 bits per heavy atom. The molecule has 1 saturated heterocycles. The Labute approximate surface area is 179 Å². The van der Waals surface area contributed by atoms with Crippen LogP contribution in [-0.4, -0.2) is 84.4 Å². The van der Waals surface area contributed by atoms with Crippen LogP contribution in [0.3, 0.4) is 0 Å². The molecule has 30 heavy (non-hydrogen) atoms. The van der Waals surface area contributed by atoms with Crippen molar-refractivity contribution in [2.24, 2.45) is 5.92 Å². The smallest absolute Gasteiger partial charge is 0.273 e. The molecule has 0 spiro atoms. The minimum atomic E-state index is -0.536. The van der Waals surface area contributed by atoms with Crippen molar-refractivity contribution in [2.75, 3.05) is 52.5 Å². The highest BCUT2D eigenvalue weighted by molar-refractivity contribution is 5.91. The molecule has 2 heterocycles. The maximum atomic E-state index is 12.3. The third-order valence-corrected chi connectivity index (χ3v) is 5.85. The molecule has 1 saturated carbocycles. The van der Waals surface area contributed by atoms with E-state index in [0.29, 0.717) is 30.6 Å². The second-order valence-electron chi connectivity index (χ2n) is 8.29. The lowest BCUT2D eigenvalue weighted by atomic mass is 9.89. The van der Waals surface area contributed by atoms with Gasteiger partial charge < -0.3 is 19.6 Å². The highest BCUT2D eigenvalue weighted by atomic mass is 16.5. The number of amides is 1. The van der Waals surface area contributed by atoms with Gasteiger partial charge in [0.2, 0.25) is 5.89 Å². The molecular weight excluding hydrogens is 384 g/mol. The number of β-amino-alcohol motifs (C(OH)–C–C–N with tert-alkyl or cyclic N) is 1. The Hall–Kier alpha value is -1.92. The summed E-state index contributed by atoms with van der Waals surface area (Å²) in [6.07, 6.45) is 12.3. The van der Waals surface area contributed by atoms with Crippen LogP contribution in [0.25, 0.3) is 0 Å². The van der Waals surface area contributed by atoms with Gasteiger partial charge in [0, 0.05) is 39.3 Å². The summed E-state index contributed by atoms with van der Waals surface area (Å²) in [6, 6.07) is 0. The number of nitrogens with one attached hydrogen (secondary N) is 1. The number of terminal acetylenes is 1. The summed E-state index contributed by atoms with van der Waals surface area (Å²) >= 11 is 0. The van der Waals surface area contributed by atoms with Crippen molar-refractivity contribution in [3.05, 3.63) is 17.8 Å². The van der Waals surface area contributed by atoms with E-state index in [-0.39, 0.29) is 19.1 Å². The van der Waals surface area contributed by atoms with Gasteiger partial charge in [-0.3, -0.25) is 14.6 Å². The van der Waals surface area contributed by atoms with Crippen LogP contribution in [0.2, 0.25) is 0 Å². The number of hydrogen-bond donors (Lipinski definition) is 2. The Kier molecular flexibility index (Phi) is 9.15. The summed E-state index contributed by atoms with van der Waals surface area (Å²) in [5.41, 5.74) is 0.356. The van der Waals surface area contributed by atoms with Gasteiger partial charge in [-0.1, -0.05) is 25.2 Å². The maximum Gasteiger partial charge on any atom is 0.273 e. The van der Waals surface area contributed by atoms with Crippen LogP contribution in [0, 0.1) is 18.3 Å². The minimum Gasteiger partial charge on any atom is -0.447 e. The summed E-state index contributed by atoms with van der Waals surface area (Å²) in [5.74, 6) is 3.40. The Balaban J connectivity index is 1.35. The molecule has 166 valence electrons. The first kappa shape index (κ1) is 22.8. The van der Waals surface area contributed by atoms with Gasteiger partial charge in [0.1, 0.15) is 12.9 Å². The fourth-order valence-corrected chi connectivity index (χ4v) is 4.13. The number of nitrogens with zero attached hydrogens (tertiary/aromatic N) is 3. The third-order valence-electron chi connectivity index (χ3n) is 5.85. The van der Waals surface area contributed by atoms with E-state index in [1.54, 1.807) is 0 Å². The molecule has 1 unspecified atom stereocenters. The van der Waals surface area contributed by atoms with Crippen LogP contribution in [0.1, 0.15) is 48.5 Å². The number of oxazole rings is 1. The number of carbonyl (C=O) groups excluding carboxylic acids is 1. The molecule has 2 fully saturated rings. The van der Waals surface area contributed by atoms with Gasteiger partial charge in [-0.25, -0.2) is 4.98 Å². The summed E-state index contributed by atoms with van der Waals surface area (Å²) < 4.78 is 10.7. The molecule has 8 nitrogen and oxygen atoms in total. The van der Waals surface area contributed by atoms with E-state index in [2.05, 4.69) is 26.0 Å². The van der Waals surface area contributed by atoms with Crippen LogP contribution in [0.5, 0.6) is 0 Å². The van der Waals surface area contributed by atoms with Crippen molar-refractivity contribution in [1.29, 1.82) is 0 Å². The first-order valence-corrected chi connectivity index (χ1v) is 11.0. The summed E-state index contributed by atoms with van der Waals surface area (Å²) in [5, 5.41) is 13.0. The highest BCUT2D eigenvalue weighted by Crippen LogP contribution is 2.22. The molecule has 1 aromatic heterocycles. The number of piperazine rings is 1. The molecule has 1 aliphatic heterocycles. The van der Waals surface area contributed by atoms with Crippen molar-refractivity contribution < 1.29 is 19.1 Å². The molecular formula is C22H34N4O4. The maximum absolute atomic E-state index is 12.3. The standard InChI is InChI=1S/C22H34N4O4/c1-2-12-29-16-19(27)14-25-8-10-26(11-9-25)15-21-24-20(17-30-21)22(28)23-13-18-6-4-3-5-7-18/h1,17-19,27H,3-16H2,(H,23,28). The molecule has 1 atom stereocenters. The first-order valence-electron chi connectivity index (χ1n) is 11.0. The van der Waals surface area contributed by atoms with Crippen LogP contribution < -0.4 is 5.32 Å². The quantitative estimate of drug-likeness (QED) is 0.434. The molecule has 1 aliphatic carbocycles. The number of hydrogen-bond acceptors (Lipinski definition) is 7. The van der Waals surface area contributed by atoms with Crippen molar-refractivity contribution in [2.45, 2.75) is 44.8 Å². The first-order chi connectivity index (χ1) is 14.6. The average molecular weight is 419 g/mol. The van der Waals surface area contributed by atoms with Gasteiger partial charge in [0.05, 0.1) is 19.3 Å². The second-order valence-corrected chi connectivity index (χ2v) is 8.29. The molecule has 3 rings (SSSR count). The van der Waals surface area contributed by atoms with Gasteiger partial charge in [-0.05, 0) is 18.8 Å². The predicted octanol–water partition coefficient (Wildman–Crippen LogP) is 1.11. The van der Waals surface area contributed by atoms with Crippen molar-refractivity contribution in [1.82, 2.24) is 20.1 Å². The van der Waals surface area contributed by atoms with E-state index < -0.39 is 6.10 Å². The molecule has 0 radical (unpaired) electrons. The normalized spacial score (nSPS) is 20.0.